The van der Waals surface area contributed by atoms with Crippen molar-refractivity contribution in [1.82, 2.24) is 0 Å². The summed E-state index contributed by atoms with van der Waals surface area (Å²) in [6, 6.07) is 12.3. The summed E-state index contributed by atoms with van der Waals surface area (Å²) in [5.41, 5.74) is 1.47. The van der Waals surface area contributed by atoms with E-state index in [1.54, 1.807) is 24.3 Å². The van der Waals surface area contributed by atoms with Gasteiger partial charge in [-0.15, -0.1) is 0 Å². The number of rotatable bonds is 6. The second kappa shape index (κ2) is 7.68. The standard InChI is InChI=1S/C17H17BrClNO3S/c1-3-13-4-8-15(9-5-13)20(12(2)17(19)21)24(22,23)16-10-6-14(18)7-11-16/h4-12H,3H2,1-2H3. The van der Waals surface area contributed by atoms with E-state index in [0.29, 0.717) is 5.69 Å². The Bertz CT molecular complexity index is 820. The molecule has 0 saturated carbocycles. The molecule has 0 heterocycles. The highest BCUT2D eigenvalue weighted by atomic mass is 79.9. The summed E-state index contributed by atoms with van der Waals surface area (Å²) in [6.07, 6.45) is 0.837. The van der Waals surface area contributed by atoms with Crippen LogP contribution in [0.3, 0.4) is 0 Å². The van der Waals surface area contributed by atoms with E-state index in [1.807, 2.05) is 19.1 Å². The van der Waals surface area contributed by atoms with Crippen LogP contribution in [0.15, 0.2) is 57.9 Å². The van der Waals surface area contributed by atoms with Crippen molar-refractivity contribution in [2.45, 2.75) is 31.2 Å². The fourth-order valence-corrected chi connectivity index (χ4v) is 4.30. The zero-order chi connectivity index (χ0) is 17.9. The largest absolute Gasteiger partial charge is 0.279 e. The van der Waals surface area contributed by atoms with E-state index in [9.17, 15) is 13.2 Å². The molecule has 2 aromatic carbocycles. The highest BCUT2D eigenvalue weighted by Crippen LogP contribution is 2.28. The van der Waals surface area contributed by atoms with Crippen LogP contribution >= 0.6 is 27.5 Å². The van der Waals surface area contributed by atoms with E-state index in [4.69, 9.17) is 11.6 Å². The molecular formula is C17H17BrClNO3S. The van der Waals surface area contributed by atoms with Crippen molar-refractivity contribution < 1.29 is 13.2 Å². The van der Waals surface area contributed by atoms with Gasteiger partial charge in [-0.2, -0.15) is 0 Å². The summed E-state index contributed by atoms with van der Waals surface area (Å²) in [5.74, 6) is 0. The zero-order valence-electron chi connectivity index (χ0n) is 13.2. The summed E-state index contributed by atoms with van der Waals surface area (Å²) in [6.45, 7) is 3.48. The smallest absolute Gasteiger partial charge is 0.265 e. The van der Waals surface area contributed by atoms with Gasteiger partial charge in [0.25, 0.3) is 10.0 Å². The van der Waals surface area contributed by atoms with Crippen LogP contribution in [0, 0.1) is 0 Å². The van der Waals surface area contributed by atoms with Gasteiger partial charge in [0.05, 0.1) is 10.6 Å². The first-order valence-electron chi connectivity index (χ1n) is 7.35. The number of halogens is 2. The second-order valence-electron chi connectivity index (χ2n) is 5.25. The van der Waals surface area contributed by atoms with Gasteiger partial charge in [-0.25, -0.2) is 8.42 Å². The molecule has 0 fully saturated rings. The molecule has 2 rings (SSSR count). The average Bonchev–Trinajstić information content (AvgIpc) is 2.55. The van der Waals surface area contributed by atoms with Crippen molar-refractivity contribution in [2.75, 3.05) is 4.31 Å². The molecule has 128 valence electrons. The fourth-order valence-electron chi connectivity index (χ4n) is 2.26. The molecule has 2 aromatic rings. The van der Waals surface area contributed by atoms with Crippen molar-refractivity contribution in [1.29, 1.82) is 0 Å². The molecule has 0 aromatic heterocycles. The molecule has 0 spiro atoms. The number of benzene rings is 2. The maximum Gasteiger partial charge on any atom is 0.265 e. The van der Waals surface area contributed by atoms with Gasteiger partial charge in [-0.3, -0.25) is 9.10 Å². The third kappa shape index (κ3) is 3.99. The molecule has 0 N–H and O–H groups in total. The SMILES string of the molecule is CCc1ccc(N(C(C)C(=O)Cl)S(=O)(=O)c2ccc(Br)cc2)cc1. The van der Waals surface area contributed by atoms with E-state index < -0.39 is 21.3 Å². The van der Waals surface area contributed by atoms with Crippen LogP contribution in [0.4, 0.5) is 5.69 Å². The number of carbonyl (C=O) groups is 1. The monoisotopic (exact) mass is 429 g/mol. The van der Waals surface area contributed by atoms with Crippen molar-refractivity contribution in [2.24, 2.45) is 0 Å². The first kappa shape index (κ1) is 19.0. The first-order valence-corrected chi connectivity index (χ1v) is 9.96. The van der Waals surface area contributed by atoms with Gasteiger partial charge in [-0.1, -0.05) is 35.0 Å². The Balaban J connectivity index is 2.56. The van der Waals surface area contributed by atoms with Crippen LogP contribution in [-0.2, 0) is 21.2 Å². The summed E-state index contributed by atoms with van der Waals surface area (Å²) < 4.78 is 27.9. The number of sulfonamides is 1. The average molecular weight is 431 g/mol. The lowest BCUT2D eigenvalue weighted by molar-refractivity contribution is -0.112. The summed E-state index contributed by atoms with van der Waals surface area (Å²) in [4.78, 5) is 11.8. The highest BCUT2D eigenvalue weighted by molar-refractivity contribution is 9.10. The second-order valence-corrected chi connectivity index (χ2v) is 8.36. The van der Waals surface area contributed by atoms with Crippen molar-refractivity contribution in [3.8, 4) is 0 Å². The van der Waals surface area contributed by atoms with Gasteiger partial charge in [0.15, 0.2) is 0 Å². The molecule has 1 atom stereocenters. The summed E-state index contributed by atoms with van der Waals surface area (Å²) in [5, 5.41) is -0.741. The molecule has 4 nitrogen and oxygen atoms in total. The summed E-state index contributed by atoms with van der Waals surface area (Å²) in [7, 11) is -3.93. The summed E-state index contributed by atoms with van der Waals surface area (Å²) >= 11 is 8.88. The number of hydrogen-bond acceptors (Lipinski definition) is 3. The lowest BCUT2D eigenvalue weighted by atomic mass is 10.1. The Kier molecular flexibility index (Phi) is 6.06. The van der Waals surface area contributed by atoms with Crippen molar-refractivity contribution in [3.63, 3.8) is 0 Å². The van der Waals surface area contributed by atoms with E-state index in [-0.39, 0.29) is 4.90 Å². The van der Waals surface area contributed by atoms with Crippen molar-refractivity contribution in [3.05, 3.63) is 58.6 Å². The number of carbonyl (C=O) groups excluding carboxylic acids is 1. The maximum atomic E-state index is 13.0. The third-order valence-corrected chi connectivity index (χ3v) is 6.41. The Morgan fingerprint density at radius 3 is 2.12 bits per heavy atom. The van der Waals surface area contributed by atoms with Crippen LogP contribution in [0.5, 0.6) is 0 Å². The first-order chi connectivity index (χ1) is 11.3. The number of hydrogen-bond donors (Lipinski definition) is 0. The van der Waals surface area contributed by atoms with Crippen LogP contribution in [0.1, 0.15) is 19.4 Å². The fraction of sp³-hybridized carbons (Fsp3) is 0.235. The lowest BCUT2D eigenvalue weighted by Crippen LogP contribution is -2.42. The van der Waals surface area contributed by atoms with Crippen LogP contribution < -0.4 is 4.31 Å². The van der Waals surface area contributed by atoms with Gasteiger partial charge in [0, 0.05) is 4.47 Å². The zero-order valence-corrected chi connectivity index (χ0v) is 16.4. The Morgan fingerprint density at radius 1 is 1.12 bits per heavy atom. The van der Waals surface area contributed by atoms with Gasteiger partial charge in [-0.05, 0) is 66.9 Å². The Labute approximate surface area is 155 Å². The molecule has 0 aliphatic carbocycles. The minimum absolute atomic E-state index is 0.0926. The van der Waals surface area contributed by atoms with Crippen LogP contribution in [-0.4, -0.2) is 19.7 Å². The number of anilines is 1. The number of nitrogens with zero attached hydrogens (tertiary/aromatic N) is 1. The normalized spacial score (nSPS) is 12.7. The molecule has 0 bridgehead atoms. The van der Waals surface area contributed by atoms with Gasteiger partial charge in [0.2, 0.25) is 5.24 Å². The third-order valence-electron chi connectivity index (χ3n) is 3.65. The molecule has 0 aliphatic heterocycles. The number of aryl methyl sites for hydroxylation is 1. The van der Waals surface area contributed by atoms with E-state index in [0.717, 1.165) is 20.8 Å². The molecule has 0 saturated heterocycles. The Morgan fingerprint density at radius 2 is 1.67 bits per heavy atom. The van der Waals surface area contributed by atoms with Crippen LogP contribution in [0.25, 0.3) is 0 Å². The van der Waals surface area contributed by atoms with E-state index in [1.165, 1.54) is 19.1 Å². The molecule has 7 heteroatoms. The maximum absolute atomic E-state index is 13.0. The molecule has 24 heavy (non-hydrogen) atoms. The van der Waals surface area contributed by atoms with Crippen molar-refractivity contribution >= 4 is 48.5 Å². The predicted molar refractivity (Wildman–Crippen MR) is 99.9 cm³/mol. The molecule has 0 aliphatic rings. The molecule has 0 radical (unpaired) electrons. The lowest BCUT2D eigenvalue weighted by Gasteiger charge is -2.28. The van der Waals surface area contributed by atoms with Gasteiger partial charge >= 0.3 is 0 Å². The van der Waals surface area contributed by atoms with E-state index >= 15 is 0 Å². The predicted octanol–water partition coefficient (Wildman–Crippen LogP) is 4.36. The highest BCUT2D eigenvalue weighted by Gasteiger charge is 2.32. The van der Waals surface area contributed by atoms with Crippen LogP contribution in [0.2, 0.25) is 0 Å². The Hall–Kier alpha value is -1.37. The molecule has 1 unspecified atom stereocenters. The van der Waals surface area contributed by atoms with Gasteiger partial charge < -0.3 is 0 Å². The van der Waals surface area contributed by atoms with E-state index in [2.05, 4.69) is 15.9 Å². The minimum Gasteiger partial charge on any atom is -0.279 e. The van der Waals surface area contributed by atoms with Gasteiger partial charge in [0.1, 0.15) is 6.04 Å². The topological polar surface area (TPSA) is 54.5 Å². The minimum atomic E-state index is -3.93. The molecular weight excluding hydrogens is 414 g/mol. The quantitative estimate of drug-likeness (QED) is 0.640. The molecule has 0 amide bonds.